The highest BCUT2D eigenvalue weighted by Crippen LogP contribution is 2.43. The van der Waals surface area contributed by atoms with Crippen molar-refractivity contribution >= 4 is 44.0 Å². The van der Waals surface area contributed by atoms with Crippen molar-refractivity contribution in [2.45, 2.75) is 37.0 Å². The highest BCUT2D eigenvalue weighted by atomic mass is 32.2. The predicted molar refractivity (Wildman–Crippen MR) is 132 cm³/mol. The fraction of sp³-hybridized carbons (Fsp3) is 0.308. The van der Waals surface area contributed by atoms with E-state index in [9.17, 15) is 18.0 Å². The maximum atomic E-state index is 13.3. The van der Waals surface area contributed by atoms with Crippen LogP contribution >= 0.6 is 0 Å². The number of amides is 2. The van der Waals surface area contributed by atoms with Crippen molar-refractivity contribution in [3.05, 3.63) is 66.2 Å². The third-order valence-electron chi connectivity index (χ3n) is 6.78. The van der Waals surface area contributed by atoms with E-state index in [1.54, 1.807) is 26.0 Å². The number of fused-ring (bicyclic) bond motifs is 2. The van der Waals surface area contributed by atoms with Crippen LogP contribution in [0.4, 0.5) is 11.4 Å². The number of hydrogen-bond donors (Lipinski definition) is 1. The summed E-state index contributed by atoms with van der Waals surface area (Å²) in [5.41, 5.74) is 0.937. The van der Waals surface area contributed by atoms with Gasteiger partial charge >= 0.3 is 0 Å². The van der Waals surface area contributed by atoms with Crippen molar-refractivity contribution in [1.82, 2.24) is 4.31 Å². The largest absolute Gasteiger partial charge is 0.324 e. The van der Waals surface area contributed by atoms with E-state index in [1.807, 2.05) is 42.5 Å². The first-order valence-corrected chi connectivity index (χ1v) is 12.9. The number of hydrogen-bond acceptors (Lipinski definition) is 4. The fourth-order valence-electron chi connectivity index (χ4n) is 4.88. The van der Waals surface area contributed by atoms with Gasteiger partial charge in [-0.2, -0.15) is 4.31 Å². The number of sulfonamides is 1. The van der Waals surface area contributed by atoms with Crippen molar-refractivity contribution < 1.29 is 18.0 Å². The molecule has 34 heavy (non-hydrogen) atoms. The summed E-state index contributed by atoms with van der Waals surface area (Å²) in [5.74, 6) is -0.548. The molecule has 3 aromatic carbocycles. The lowest BCUT2D eigenvalue weighted by molar-refractivity contribution is -0.124. The number of carbonyl (C=O) groups excluding carboxylic acids is 2. The molecule has 0 spiro atoms. The van der Waals surface area contributed by atoms with Gasteiger partial charge < -0.3 is 10.2 Å². The monoisotopic (exact) mass is 477 g/mol. The van der Waals surface area contributed by atoms with Crippen LogP contribution in [-0.2, 0) is 25.0 Å². The van der Waals surface area contributed by atoms with Gasteiger partial charge in [0.25, 0.3) is 0 Å². The van der Waals surface area contributed by atoms with E-state index in [1.165, 1.54) is 15.3 Å². The van der Waals surface area contributed by atoms with Crippen molar-refractivity contribution in [2.24, 2.45) is 0 Å². The van der Waals surface area contributed by atoms with E-state index in [-0.39, 0.29) is 23.3 Å². The van der Waals surface area contributed by atoms with Crippen LogP contribution in [0.15, 0.2) is 65.6 Å². The van der Waals surface area contributed by atoms with E-state index in [2.05, 4.69) is 5.32 Å². The van der Waals surface area contributed by atoms with E-state index in [0.29, 0.717) is 30.0 Å². The fourth-order valence-corrected chi connectivity index (χ4v) is 6.42. The molecular formula is C26H27N3O4S. The van der Waals surface area contributed by atoms with Gasteiger partial charge in [-0.15, -0.1) is 0 Å². The number of carbonyl (C=O) groups is 2. The molecule has 1 N–H and O–H groups in total. The van der Waals surface area contributed by atoms with Crippen LogP contribution in [-0.4, -0.2) is 44.2 Å². The van der Waals surface area contributed by atoms with Crippen molar-refractivity contribution in [3.63, 3.8) is 0 Å². The van der Waals surface area contributed by atoms with Gasteiger partial charge in [0.1, 0.15) is 6.54 Å². The molecular weight excluding hydrogens is 450 g/mol. The van der Waals surface area contributed by atoms with Crippen molar-refractivity contribution in [3.8, 4) is 0 Å². The molecule has 8 heteroatoms. The molecule has 2 amide bonds. The number of nitrogens with one attached hydrogen (secondary N) is 1. The normalized spacial score (nSPS) is 17.8. The molecule has 0 bridgehead atoms. The minimum absolute atomic E-state index is 0.156. The first-order valence-electron chi connectivity index (χ1n) is 11.4. The molecule has 5 rings (SSSR count). The van der Waals surface area contributed by atoms with Gasteiger partial charge in [-0.3, -0.25) is 9.59 Å². The third-order valence-corrected chi connectivity index (χ3v) is 8.67. The lowest BCUT2D eigenvalue weighted by atomic mass is 9.86. The Morgan fingerprint density at radius 2 is 1.71 bits per heavy atom. The average molecular weight is 478 g/mol. The summed E-state index contributed by atoms with van der Waals surface area (Å²) in [4.78, 5) is 27.9. The van der Waals surface area contributed by atoms with E-state index in [0.717, 1.165) is 23.6 Å². The minimum atomic E-state index is -3.61. The molecule has 0 atom stereocenters. The topological polar surface area (TPSA) is 86.8 Å². The molecule has 176 valence electrons. The van der Waals surface area contributed by atoms with Gasteiger partial charge in [-0.1, -0.05) is 36.4 Å². The summed E-state index contributed by atoms with van der Waals surface area (Å²) in [6.07, 6.45) is 1.71. The quantitative estimate of drug-likeness (QED) is 0.604. The molecule has 2 aliphatic rings. The smallest absolute Gasteiger partial charge is 0.244 e. The van der Waals surface area contributed by atoms with Gasteiger partial charge in [-0.25, -0.2) is 8.42 Å². The molecule has 0 aromatic heterocycles. The second-order valence-electron chi connectivity index (χ2n) is 9.38. The molecule has 0 aliphatic carbocycles. The Balaban J connectivity index is 1.43. The SMILES string of the molecule is CC1(C)C(=O)N(CC(=O)Nc2cccc3ccccc23)c2ccc(S(=O)(=O)N3CCCC3)cc21. The second kappa shape index (κ2) is 8.21. The predicted octanol–water partition coefficient (Wildman–Crippen LogP) is 3.89. The Bertz CT molecular complexity index is 1400. The van der Waals surface area contributed by atoms with Gasteiger partial charge in [-0.05, 0) is 61.9 Å². The number of rotatable bonds is 5. The van der Waals surface area contributed by atoms with Gasteiger partial charge in [0.15, 0.2) is 0 Å². The molecule has 2 aliphatic heterocycles. The zero-order valence-electron chi connectivity index (χ0n) is 19.2. The summed E-state index contributed by atoms with van der Waals surface area (Å²) in [6.45, 7) is 4.41. The highest BCUT2D eigenvalue weighted by Gasteiger charge is 2.45. The molecule has 3 aromatic rings. The Morgan fingerprint density at radius 3 is 2.47 bits per heavy atom. The second-order valence-corrected chi connectivity index (χ2v) is 11.3. The molecule has 0 saturated carbocycles. The molecule has 0 unspecified atom stereocenters. The summed E-state index contributed by atoms with van der Waals surface area (Å²) in [6, 6.07) is 18.2. The Hall–Kier alpha value is -3.23. The third kappa shape index (κ3) is 3.67. The van der Waals surface area contributed by atoms with E-state index >= 15 is 0 Å². The standard InChI is InChI=1S/C26H27N3O4S/c1-26(2)21-16-19(34(32,33)28-14-5-6-15-28)12-13-23(21)29(25(26)31)17-24(30)27-22-11-7-9-18-8-3-4-10-20(18)22/h3-4,7-13,16H,5-6,14-15,17H2,1-2H3,(H,27,30). The first kappa shape index (κ1) is 22.6. The lowest BCUT2D eigenvalue weighted by Gasteiger charge is -2.20. The van der Waals surface area contributed by atoms with E-state index < -0.39 is 15.4 Å². The minimum Gasteiger partial charge on any atom is -0.324 e. The summed E-state index contributed by atoms with van der Waals surface area (Å²) >= 11 is 0. The Labute approximate surface area is 199 Å². The molecule has 1 saturated heterocycles. The molecule has 0 radical (unpaired) electrons. The zero-order valence-corrected chi connectivity index (χ0v) is 20.1. The van der Waals surface area contributed by atoms with Crippen LogP contribution in [0.1, 0.15) is 32.3 Å². The highest BCUT2D eigenvalue weighted by molar-refractivity contribution is 7.89. The number of anilines is 2. The average Bonchev–Trinajstić information content (AvgIpc) is 3.43. The van der Waals surface area contributed by atoms with Crippen LogP contribution in [0, 0.1) is 0 Å². The summed E-state index contributed by atoms with van der Waals surface area (Å²) < 4.78 is 27.6. The molecule has 7 nitrogen and oxygen atoms in total. The Kier molecular flexibility index (Phi) is 5.45. The van der Waals surface area contributed by atoms with Gasteiger partial charge in [0.2, 0.25) is 21.8 Å². The van der Waals surface area contributed by atoms with Crippen LogP contribution in [0.25, 0.3) is 10.8 Å². The lowest BCUT2D eigenvalue weighted by Crippen LogP contribution is -2.40. The maximum absolute atomic E-state index is 13.3. The zero-order chi connectivity index (χ0) is 24.1. The number of nitrogens with zero attached hydrogens (tertiary/aromatic N) is 2. The van der Waals surface area contributed by atoms with E-state index in [4.69, 9.17) is 0 Å². The molecule has 1 fully saturated rings. The summed E-state index contributed by atoms with van der Waals surface area (Å²) in [7, 11) is -3.61. The van der Waals surface area contributed by atoms with Crippen molar-refractivity contribution in [2.75, 3.05) is 29.9 Å². The van der Waals surface area contributed by atoms with Crippen molar-refractivity contribution in [1.29, 1.82) is 0 Å². The van der Waals surface area contributed by atoms with Gasteiger partial charge in [0, 0.05) is 29.9 Å². The van der Waals surface area contributed by atoms with Crippen LogP contribution in [0.2, 0.25) is 0 Å². The Morgan fingerprint density at radius 1 is 1.00 bits per heavy atom. The van der Waals surface area contributed by atoms with Gasteiger partial charge in [0.05, 0.1) is 10.3 Å². The molecule has 2 heterocycles. The number of benzene rings is 3. The maximum Gasteiger partial charge on any atom is 0.244 e. The van der Waals surface area contributed by atoms with Crippen LogP contribution < -0.4 is 10.2 Å². The first-order chi connectivity index (χ1) is 16.2. The van der Waals surface area contributed by atoms with Crippen LogP contribution in [0.3, 0.4) is 0 Å². The van der Waals surface area contributed by atoms with Crippen LogP contribution in [0.5, 0.6) is 0 Å². The summed E-state index contributed by atoms with van der Waals surface area (Å²) in [5, 5.41) is 4.86.